The van der Waals surface area contributed by atoms with Crippen molar-refractivity contribution in [1.82, 2.24) is 9.21 Å². The zero-order chi connectivity index (χ0) is 22.8. The van der Waals surface area contributed by atoms with Gasteiger partial charge in [-0.1, -0.05) is 18.5 Å². The highest BCUT2D eigenvalue weighted by Crippen LogP contribution is 2.31. The van der Waals surface area contributed by atoms with Gasteiger partial charge in [0.25, 0.3) is 0 Å². The van der Waals surface area contributed by atoms with E-state index in [0.29, 0.717) is 42.7 Å². The molecule has 0 saturated carbocycles. The van der Waals surface area contributed by atoms with Crippen LogP contribution >= 0.6 is 34.2 Å². The third kappa shape index (κ3) is 5.78. The van der Waals surface area contributed by atoms with Crippen molar-refractivity contribution in [3.8, 4) is 0 Å². The van der Waals surface area contributed by atoms with Gasteiger partial charge >= 0.3 is 10.2 Å². The summed E-state index contributed by atoms with van der Waals surface area (Å²) in [6.07, 6.45) is 1.36. The van der Waals surface area contributed by atoms with E-state index in [1.165, 1.54) is 16.4 Å². The number of halogens is 4. The number of rotatable bonds is 7. The zero-order valence-corrected chi connectivity index (χ0v) is 20.9. The summed E-state index contributed by atoms with van der Waals surface area (Å²) in [4.78, 5) is 2.18. The summed E-state index contributed by atoms with van der Waals surface area (Å²) in [6.45, 7) is 3.57. The minimum absolute atomic E-state index is 0.146. The zero-order valence-electron chi connectivity index (χ0n) is 17.1. The Morgan fingerprint density at radius 2 is 1.71 bits per heavy atom. The average molecular weight is 585 g/mol. The van der Waals surface area contributed by atoms with Crippen LogP contribution in [0.5, 0.6) is 0 Å². The van der Waals surface area contributed by atoms with Gasteiger partial charge in [0, 0.05) is 22.7 Å². The molecule has 2 aromatic rings. The third-order valence-corrected chi connectivity index (χ3v) is 7.91. The molecule has 170 valence electrons. The molecule has 0 spiro atoms. The van der Waals surface area contributed by atoms with Crippen LogP contribution in [0.4, 0.5) is 25.8 Å². The van der Waals surface area contributed by atoms with E-state index in [1.807, 2.05) is 14.0 Å². The van der Waals surface area contributed by atoms with Gasteiger partial charge in [0.15, 0.2) is 11.6 Å². The van der Waals surface area contributed by atoms with Gasteiger partial charge in [0.2, 0.25) is 0 Å². The molecule has 0 atom stereocenters. The number of piperidine rings is 1. The van der Waals surface area contributed by atoms with E-state index < -0.39 is 27.5 Å². The molecule has 0 aromatic heterocycles. The third-order valence-electron chi connectivity index (χ3n) is 5.41. The normalized spacial score (nSPS) is 16.0. The Morgan fingerprint density at radius 3 is 2.32 bits per heavy atom. The quantitative estimate of drug-likeness (QED) is 0.448. The molecule has 6 nitrogen and oxygen atoms in total. The van der Waals surface area contributed by atoms with Crippen molar-refractivity contribution < 1.29 is 17.2 Å². The van der Waals surface area contributed by atoms with Gasteiger partial charge < -0.3 is 10.2 Å². The van der Waals surface area contributed by atoms with Gasteiger partial charge in [-0.15, -0.1) is 0 Å². The van der Waals surface area contributed by atoms with E-state index >= 15 is 0 Å². The van der Waals surface area contributed by atoms with Crippen molar-refractivity contribution >= 4 is 61.5 Å². The lowest BCUT2D eigenvalue weighted by molar-refractivity contribution is 0.175. The van der Waals surface area contributed by atoms with Crippen LogP contribution < -0.4 is 10.0 Å². The molecule has 0 unspecified atom stereocenters. The molecule has 1 heterocycles. The average Bonchev–Trinajstić information content (AvgIpc) is 2.74. The van der Waals surface area contributed by atoms with E-state index in [9.17, 15) is 17.2 Å². The van der Waals surface area contributed by atoms with Gasteiger partial charge in [0.1, 0.15) is 0 Å². The molecule has 1 fully saturated rings. The molecule has 31 heavy (non-hydrogen) atoms. The molecule has 11 heteroatoms. The second kappa shape index (κ2) is 10.2. The molecule has 3 rings (SSSR count). The summed E-state index contributed by atoms with van der Waals surface area (Å²) in [5, 5.41) is 3.10. The Labute approximate surface area is 200 Å². The van der Waals surface area contributed by atoms with Crippen molar-refractivity contribution in [2.75, 3.05) is 36.7 Å². The number of anilines is 3. The number of nitrogens with one attached hydrogen (secondary N) is 2. The topological polar surface area (TPSA) is 64.7 Å². The molecule has 0 radical (unpaired) electrons. The highest BCUT2D eigenvalue weighted by atomic mass is 127. The van der Waals surface area contributed by atoms with Crippen molar-refractivity contribution in [1.29, 1.82) is 0 Å². The highest BCUT2D eigenvalue weighted by Gasteiger charge is 2.30. The van der Waals surface area contributed by atoms with Crippen LogP contribution in [0.25, 0.3) is 0 Å². The fourth-order valence-electron chi connectivity index (χ4n) is 3.45. The van der Waals surface area contributed by atoms with Crippen LogP contribution in [0.1, 0.15) is 19.8 Å². The molecular weight excluding hydrogens is 561 g/mol. The Balaban J connectivity index is 1.73. The number of hydrogen-bond acceptors (Lipinski definition) is 4. The summed E-state index contributed by atoms with van der Waals surface area (Å²) >= 11 is 8.22. The summed E-state index contributed by atoms with van der Waals surface area (Å²) in [6, 6.07) is 7.88. The number of nitrogens with zero attached hydrogens (tertiary/aromatic N) is 2. The van der Waals surface area contributed by atoms with Gasteiger partial charge in [-0.3, -0.25) is 4.72 Å². The molecule has 1 aliphatic heterocycles. The molecular formula is C20H24ClF2IN4O2S. The monoisotopic (exact) mass is 584 g/mol. The maximum absolute atomic E-state index is 14.6. The van der Waals surface area contributed by atoms with E-state index in [1.54, 1.807) is 18.2 Å². The Kier molecular flexibility index (Phi) is 8.00. The van der Waals surface area contributed by atoms with Gasteiger partial charge in [-0.25, -0.2) is 8.78 Å². The summed E-state index contributed by atoms with van der Waals surface area (Å²) in [5.74, 6) is -2.48. The Hall–Kier alpha value is -1.21. The van der Waals surface area contributed by atoms with E-state index in [2.05, 4.69) is 37.5 Å². The highest BCUT2D eigenvalue weighted by molar-refractivity contribution is 14.1. The van der Waals surface area contributed by atoms with Crippen LogP contribution in [-0.4, -0.2) is 50.3 Å². The molecule has 0 amide bonds. The van der Waals surface area contributed by atoms with Crippen LogP contribution in [-0.2, 0) is 10.2 Å². The first-order valence-corrected chi connectivity index (χ1v) is 12.7. The second-order valence-corrected chi connectivity index (χ2v) is 10.7. The fourth-order valence-corrected chi connectivity index (χ4v) is 5.61. The smallest absolute Gasteiger partial charge is 0.301 e. The van der Waals surface area contributed by atoms with Crippen LogP contribution in [0, 0.1) is 15.2 Å². The van der Waals surface area contributed by atoms with Crippen molar-refractivity contribution in [3.05, 3.63) is 50.6 Å². The van der Waals surface area contributed by atoms with Crippen LogP contribution in [0.15, 0.2) is 30.3 Å². The lowest BCUT2D eigenvalue weighted by atomic mass is 10.1. The first-order chi connectivity index (χ1) is 14.6. The summed E-state index contributed by atoms with van der Waals surface area (Å²) in [7, 11) is -1.99. The van der Waals surface area contributed by atoms with Crippen molar-refractivity contribution in [2.24, 2.45) is 0 Å². The first-order valence-electron chi connectivity index (χ1n) is 9.80. The molecule has 0 bridgehead atoms. The molecule has 1 aliphatic rings. The Bertz CT molecular complexity index is 1050. The van der Waals surface area contributed by atoms with E-state index in [0.717, 1.165) is 10.1 Å². The van der Waals surface area contributed by atoms with Crippen molar-refractivity contribution in [2.45, 2.75) is 25.8 Å². The van der Waals surface area contributed by atoms with Crippen LogP contribution in [0.3, 0.4) is 0 Å². The molecule has 2 N–H and O–H groups in total. The van der Waals surface area contributed by atoms with Gasteiger partial charge in [-0.05, 0) is 79.4 Å². The minimum atomic E-state index is -4.00. The molecule has 0 aliphatic carbocycles. The predicted octanol–water partition coefficient (Wildman–Crippen LogP) is 5.04. The molecule has 2 aromatic carbocycles. The number of hydrogen-bond donors (Lipinski definition) is 2. The van der Waals surface area contributed by atoms with E-state index in [-0.39, 0.29) is 5.69 Å². The largest absolute Gasteiger partial charge is 0.352 e. The number of benzene rings is 2. The standard InChI is InChI=1S/C20H24ClF2IN4O2S/c1-3-27(2)14-8-10-28(11-9-14)31(29,30)26-18-7-6-17(19(22)20(18)23)25-16-5-4-13(24)12-15(16)21/h4-7,12,14,25-26H,3,8-11H2,1-2H3. The summed E-state index contributed by atoms with van der Waals surface area (Å²) in [5.41, 5.74) is -0.176. The summed E-state index contributed by atoms with van der Waals surface area (Å²) < 4.78 is 59.0. The minimum Gasteiger partial charge on any atom is -0.352 e. The maximum Gasteiger partial charge on any atom is 0.301 e. The SMILES string of the molecule is CCN(C)C1CCN(S(=O)(=O)Nc2ccc(Nc3ccc(I)cc3Cl)c(F)c2F)CC1. The lowest BCUT2D eigenvalue weighted by Crippen LogP contribution is -2.47. The molecule has 1 saturated heterocycles. The van der Waals surface area contributed by atoms with Gasteiger partial charge in [0.05, 0.1) is 22.1 Å². The van der Waals surface area contributed by atoms with Gasteiger partial charge in [-0.2, -0.15) is 12.7 Å². The lowest BCUT2D eigenvalue weighted by Gasteiger charge is -2.35. The maximum atomic E-state index is 14.6. The van der Waals surface area contributed by atoms with E-state index in [4.69, 9.17) is 11.6 Å². The van der Waals surface area contributed by atoms with Crippen LogP contribution in [0.2, 0.25) is 5.02 Å². The second-order valence-electron chi connectivity index (χ2n) is 7.35. The Morgan fingerprint density at radius 1 is 1.13 bits per heavy atom. The first kappa shape index (κ1) is 24.4. The fraction of sp³-hybridized carbons (Fsp3) is 0.400. The van der Waals surface area contributed by atoms with Crippen molar-refractivity contribution in [3.63, 3.8) is 0 Å². The predicted molar refractivity (Wildman–Crippen MR) is 129 cm³/mol.